The molecular weight excluding hydrogens is 414 g/mol. The molecule has 0 aliphatic carbocycles. The molecule has 0 N–H and O–H groups in total. The molecule has 0 bridgehead atoms. The number of fused-ring (bicyclic) bond motifs is 1. The Morgan fingerprint density at radius 3 is 2.30 bits per heavy atom. The number of hydrogen-bond donors (Lipinski definition) is 0. The third kappa shape index (κ3) is 4.62. The minimum atomic E-state index is -3.48. The van der Waals surface area contributed by atoms with E-state index in [-0.39, 0.29) is 24.7 Å². The molecule has 2 amide bonds. The lowest BCUT2D eigenvalue weighted by atomic mass is 9.75. The van der Waals surface area contributed by atoms with Crippen molar-refractivity contribution >= 4 is 27.8 Å². The van der Waals surface area contributed by atoms with Crippen LogP contribution in [0.2, 0.25) is 0 Å². The van der Waals surface area contributed by atoms with E-state index in [0.29, 0.717) is 65.2 Å². The zero-order valence-electron chi connectivity index (χ0n) is 17.7. The minimum absolute atomic E-state index is 0.00256. The maximum absolute atomic E-state index is 13.6. The molecule has 0 spiro atoms. The molecule has 0 saturated carbocycles. The number of methoxy groups -OCH3 is 1. The average Bonchev–Trinajstić information content (AvgIpc) is 3.01. The third-order valence-corrected chi connectivity index (χ3v) is 7.83. The highest BCUT2D eigenvalue weighted by atomic mass is 32.2. The number of esters is 1. The molecule has 3 heterocycles. The van der Waals surface area contributed by atoms with Gasteiger partial charge in [0.25, 0.3) is 0 Å². The number of rotatable bonds is 5. The standard InChI is InChI=1S/C19H31N3O7S/c1-28-17(24)4-3-16(23)20-8-5-15-19(6-9-20,7-10-22(15)30(2,26)27)18(25)21-11-13-29-14-12-21/h15H,3-14H2,1-2H3/t15-,19+/m1/s1. The molecule has 170 valence electrons. The highest BCUT2D eigenvalue weighted by Crippen LogP contribution is 2.46. The number of sulfonamides is 1. The van der Waals surface area contributed by atoms with Crippen molar-refractivity contribution in [1.29, 1.82) is 0 Å². The van der Waals surface area contributed by atoms with Crippen LogP contribution in [-0.2, 0) is 33.9 Å². The second kappa shape index (κ2) is 9.19. The number of hydrogen-bond acceptors (Lipinski definition) is 7. The smallest absolute Gasteiger partial charge is 0.306 e. The molecular formula is C19H31N3O7S. The predicted octanol–water partition coefficient (Wildman–Crippen LogP) is -0.559. The van der Waals surface area contributed by atoms with Gasteiger partial charge in [-0.15, -0.1) is 0 Å². The van der Waals surface area contributed by atoms with Gasteiger partial charge in [0.1, 0.15) is 0 Å². The van der Waals surface area contributed by atoms with Gasteiger partial charge in [0.15, 0.2) is 0 Å². The zero-order chi connectivity index (χ0) is 21.9. The van der Waals surface area contributed by atoms with Crippen LogP contribution in [0.5, 0.6) is 0 Å². The molecule has 0 aromatic rings. The summed E-state index contributed by atoms with van der Waals surface area (Å²) in [7, 11) is -2.20. The lowest BCUT2D eigenvalue weighted by Crippen LogP contribution is -2.54. The number of carbonyl (C=O) groups excluding carboxylic acids is 3. The number of morpholine rings is 1. The van der Waals surface area contributed by atoms with Crippen LogP contribution in [0.15, 0.2) is 0 Å². The van der Waals surface area contributed by atoms with Gasteiger partial charge in [-0.1, -0.05) is 0 Å². The van der Waals surface area contributed by atoms with Gasteiger partial charge in [-0.3, -0.25) is 14.4 Å². The Hall–Kier alpha value is -1.72. The van der Waals surface area contributed by atoms with Gasteiger partial charge in [-0.2, -0.15) is 4.31 Å². The van der Waals surface area contributed by atoms with E-state index in [2.05, 4.69) is 4.74 Å². The van der Waals surface area contributed by atoms with E-state index < -0.39 is 27.4 Å². The quantitative estimate of drug-likeness (QED) is 0.521. The molecule has 0 aromatic carbocycles. The SMILES string of the molecule is COC(=O)CCC(=O)N1CC[C@H]2N(S(C)(=O)=O)CC[C@@]2(C(=O)N2CCOCC2)CC1. The summed E-state index contributed by atoms with van der Waals surface area (Å²) in [6, 6.07) is -0.471. The predicted molar refractivity (Wildman–Crippen MR) is 107 cm³/mol. The lowest BCUT2D eigenvalue weighted by molar-refractivity contribution is -0.148. The highest BCUT2D eigenvalue weighted by molar-refractivity contribution is 7.88. The largest absolute Gasteiger partial charge is 0.469 e. The number of carbonyl (C=O) groups is 3. The number of nitrogens with zero attached hydrogens (tertiary/aromatic N) is 3. The second-order valence-corrected chi connectivity index (χ2v) is 10.1. The fraction of sp³-hybridized carbons (Fsp3) is 0.842. The Bertz CT molecular complexity index is 781. The zero-order valence-corrected chi connectivity index (χ0v) is 18.5. The monoisotopic (exact) mass is 445 g/mol. The van der Waals surface area contributed by atoms with E-state index in [1.165, 1.54) is 17.7 Å². The van der Waals surface area contributed by atoms with Gasteiger partial charge in [0.05, 0.1) is 38.4 Å². The normalized spacial score (nSPS) is 28.0. The summed E-state index contributed by atoms with van der Waals surface area (Å²) in [5.74, 6) is -0.664. The first-order valence-electron chi connectivity index (χ1n) is 10.4. The summed E-state index contributed by atoms with van der Waals surface area (Å²) in [6.07, 6.45) is 2.47. The summed E-state index contributed by atoms with van der Waals surface area (Å²) in [5.41, 5.74) is -0.836. The van der Waals surface area contributed by atoms with Gasteiger partial charge in [-0.25, -0.2) is 8.42 Å². The molecule has 0 unspecified atom stereocenters. The molecule has 3 saturated heterocycles. The van der Waals surface area contributed by atoms with Crippen LogP contribution in [0.4, 0.5) is 0 Å². The van der Waals surface area contributed by atoms with Crippen LogP contribution in [0, 0.1) is 5.41 Å². The maximum atomic E-state index is 13.6. The summed E-state index contributed by atoms with van der Waals surface area (Å²) in [5, 5.41) is 0. The minimum Gasteiger partial charge on any atom is -0.469 e. The van der Waals surface area contributed by atoms with E-state index in [0.717, 1.165) is 0 Å². The van der Waals surface area contributed by atoms with E-state index in [1.54, 1.807) is 9.80 Å². The topological polar surface area (TPSA) is 114 Å². The Balaban J connectivity index is 1.81. The van der Waals surface area contributed by atoms with Crippen LogP contribution in [-0.4, -0.2) is 106 Å². The molecule has 2 atom stereocenters. The third-order valence-electron chi connectivity index (χ3n) is 6.54. The number of likely N-dealkylation sites (tertiary alicyclic amines) is 1. The summed E-state index contributed by atoms with van der Waals surface area (Å²) in [6.45, 7) is 2.97. The van der Waals surface area contributed by atoms with E-state index >= 15 is 0 Å². The molecule has 0 radical (unpaired) electrons. The highest BCUT2D eigenvalue weighted by Gasteiger charge is 2.57. The number of ether oxygens (including phenoxy) is 2. The molecule has 3 aliphatic heterocycles. The van der Waals surface area contributed by atoms with E-state index in [1.807, 2.05) is 0 Å². The molecule has 10 nitrogen and oxygen atoms in total. The van der Waals surface area contributed by atoms with Crippen LogP contribution in [0.25, 0.3) is 0 Å². The van der Waals surface area contributed by atoms with Gasteiger partial charge >= 0.3 is 5.97 Å². The summed E-state index contributed by atoms with van der Waals surface area (Å²) in [4.78, 5) is 41.0. The Labute approximate surface area is 177 Å². The number of amides is 2. The van der Waals surface area contributed by atoms with Crippen molar-refractivity contribution in [3.05, 3.63) is 0 Å². The molecule has 3 aliphatic rings. The van der Waals surface area contributed by atoms with E-state index in [9.17, 15) is 22.8 Å². The second-order valence-electron chi connectivity index (χ2n) is 8.20. The fourth-order valence-corrected chi connectivity index (χ4v) is 6.09. The molecule has 3 rings (SSSR count). The van der Waals surface area contributed by atoms with Gasteiger partial charge in [-0.05, 0) is 19.3 Å². The Morgan fingerprint density at radius 2 is 1.67 bits per heavy atom. The Morgan fingerprint density at radius 1 is 1.00 bits per heavy atom. The van der Waals surface area contributed by atoms with Crippen molar-refractivity contribution in [3.8, 4) is 0 Å². The van der Waals surface area contributed by atoms with Gasteiger partial charge in [0, 0.05) is 45.2 Å². The maximum Gasteiger partial charge on any atom is 0.306 e. The van der Waals surface area contributed by atoms with Crippen LogP contribution in [0.3, 0.4) is 0 Å². The first-order chi connectivity index (χ1) is 14.2. The first-order valence-corrected chi connectivity index (χ1v) is 12.2. The fourth-order valence-electron chi connectivity index (χ4n) is 4.90. The Kier molecular flexibility index (Phi) is 7.03. The summed E-state index contributed by atoms with van der Waals surface area (Å²) >= 11 is 0. The molecule has 3 fully saturated rings. The first kappa shape index (κ1) is 23.0. The van der Waals surface area contributed by atoms with Crippen LogP contribution >= 0.6 is 0 Å². The average molecular weight is 446 g/mol. The van der Waals surface area contributed by atoms with Gasteiger partial charge in [0.2, 0.25) is 21.8 Å². The van der Waals surface area contributed by atoms with Crippen molar-refractivity contribution in [3.63, 3.8) is 0 Å². The van der Waals surface area contributed by atoms with Crippen LogP contribution < -0.4 is 0 Å². The van der Waals surface area contributed by atoms with E-state index in [4.69, 9.17) is 4.74 Å². The lowest BCUT2D eigenvalue weighted by Gasteiger charge is -2.39. The molecule has 11 heteroatoms. The molecule has 30 heavy (non-hydrogen) atoms. The van der Waals surface area contributed by atoms with Crippen molar-refractivity contribution in [2.24, 2.45) is 5.41 Å². The summed E-state index contributed by atoms with van der Waals surface area (Å²) < 4.78 is 36.2. The van der Waals surface area contributed by atoms with Crippen molar-refractivity contribution in [2.75, 3.05) is 59.3 Å². The van der Waals surface area contributed by atoms with Crippen LogP contribution in [0.1, 0.15) is 32.1 Å². The van der Waals surface area contributed by atoms with Crippen molar-refractivity contribution in [2.45, 2.75) is 38.1 Å². The van der Waals surface area contributed by atoms with Crippen molar-refractivity contribution in [1.82, 2.24) is 14.1 Å². The van der Waals surface area contributed by atoms with Gasteiger partial charge < -0.3 is 19.3 Å². The van der Waals surface area contributed by atoms with Crippen molar-refractivity contribution < 1.29 is 32.3 Å². The molecule has 0 aromatic heterocycles.